The van der Waals surface area contributed by atoms with E-state index in [4.69, 9.17) is 0 Å². The molecule has 1 aliphatic heterocycles. The normalized spacial score (nSPS) is 20.6. The van der Waals surface area contributed by atoms with Gasteiger partial charge < -0.3 is 25.1 Å². The summed E-state index contributed by atoms with van der Waals surface area (Å²) in [6.07, 6.45) is 0. The fourth-order valence-electron chi connectivity index (χ4n) is 6.21. The molecule has 0 amide bonds. The number of Topliss-reactive ketones (excluding diaryl/α,β-unsaturated/α-hetero) is 2. The van der Waals surface area contributed by atoms with Gasteiger partial charge in [0.05, 0.1) is 11.6 Å². The van der Waals surface area contributed by atoms with Crippen LogP contribution in [0.4, 0.5) is 4.39 Å². The summed E-state index contributed by atoms with van der Waals surface area (Å²) < 4.78 is 14.9. The molecule has 0 saturated carbocycles. The number of likely N-dealkylation sites (tertiary alicyclic amines) is 1. The zero-order valence-electron chi connectivity index (χ0n) is 24.2. The van der Waals surface area contributed by atoms with Gasteiger partial charge >= 0.3 is 0 Å². The van der Waals surface area contributed by atoms with Gasteiger partial charge in [0.25, 0.3) is 0 Å². The number of ketones is 2. The van der Waals surface area contributed by atoms with Crippen LogP contribution in [0.25, 0.3) is 0 Å². The van der Waals surface area contributed by atoms with Crippen LogP contribution in [0.15, 0.2) is 66.7 Å². The van der Waals surface area contributed by atoms with Gasteiger partial charge in [0, 0.05) is 48.5 Å². The van der Waals surface area contributed by atoms with Gasteiger partial charge in [-0.15, -0.1) is 0 Å². The van der Waals surface area contributed by atoms with Crippen molar-refractivity contribution < 1.29 is 29.3 Å². The monoisotopic (exact) mass is 562 g/mol. The molecular formula is C33H39FN2O5. The number of aliphatic hydroxyl groups is 1. The lowest BCUT2D eigenvalue weighted by Gasteiger charge is -2.46. The highest BCUT2D eigenvalue weighted by molar-refractivity contribution is 6.02. The summed E-state index contributed by atoms with van der Waals surface area (Å²) in [5, 5.41) is 31.2. The van der Waals surface area contributed by atoms with Gasteiger partial charge in [0.2, 0.25) is 0 Å². The Morgan fingerprint density at radius 3 is 1.85 bits per heavy atom. The van der Waals surface area contributed by atoms with Gasteiger partial charge in [-0.3, -0.25) is 9.59 Å². The van der Waals surface area contributed by atoms with E-state index in [-0.39, 0.29) is 42.2 Å². The van der Waals surface area contributed by atoms with Crippen molar-refractivity contribution in [1.82, 2.24) is 9.80 Å². The highest BCUT2D eigenvalue weighted by atomic mass is 19.1. The number of hydrogen-bond donors (Lipinski definition) is 3. The van der Waals surface area contributed by atoms with Crippen molar-refractivity contribution in [2.45, 2.75) is 38.3 Å². The third kappa shape index (κ3) is 6.67. The Bertz CT molecular complexity index is 1350. The molecule has 0 unspecified atom stereocenters. The van der Waals surface area contributed by atoms with Crippen molar-refractivity contribution in [1.29, 1.82) is 0 Å². The molecule has 4 atom stereocenters. The molecule has 3 N–H and O–H groups in total. The minimum Gasteiger partial charge on any atom is -0.508 e. The van der Waals surface area contributed by atoms with Crippen molar-refractivity contribution in [2.75, 3.05) is 33.7 Å². The summed E-state index contributed by atoms with van der Waals surface area (Å²) in [5.41, 5.74) is 0.469. The predicted molar refractivity (Wildman–Crippen MR) is 156 cm³/mol. The minimum atomic E-state index is -1.07. The van der Waals surface area contributed by atoms with Crippen LogP contribution in [-0.4, -0.2) is 82.1 Å². The first-order valence-electron chi connectivity index (χ1n) is 13.8. The second-order valence-electron chi connectivity index (χ2n) is 11.9. The van der Waals surface area contributed by atoms with E-state index in [0.717, 1.165) is 0 Å². The summed E-state index contributed by atoms with van der Waals surface area (Å²) in [5.74, 6) is -3.26. The minimum absolute atomic E-state index is 0.0518. The average Bonchev–Trinajstić information content (AvgIpc) is 2.91. The fraction of sp³-hybridized carbons (Fsp3) is 0.394. The van der Waals surface area contributed by atoms with E-state index in [1.807, 2.05) is 23.9 Å². The number of aromatic hydroxyl groups is 2. The first kappa shape index (κ1) is 30.4. The van der Waals surface area contributed by atoms with Crippen molar-refractivity contribution in [3.8, 4) is 11.5 Å². The molecule has 3 aromatic rings. The molecular weight excluding hydrogens is 523 g/mol. The van der Waals surface area contributed by atoms with Gasteiger partial charge in [-0.2, -0.15) is 0 Å². The Morgan fingerprint density at radius 2 is 1.41 bits per heavy atom. The zero-order chi connectivity index (χ0) is 30.1. The van der Waals surface area contributed by atoms with E-state index < -0.39 is 29.2 Å². The number of benzene rings is 3. The zero-order valence-corrected chi connectivity index (χ0v) is 24.2. The largest absolute Gasteiger partial charge is 0.508 e. The molecule has 1 heterocycles. The topological polar surface area (TPSA) is 101 Å². The number of likely N-dealkylation sites (N-methyl/N-ethyl adjacent to an activating group) is 1. The lowest BCUT2D eigenvalue weighted by atomic mass is 9.67. The highest BCUT2D eigenvalue weighted by Crippen LogP contribution is 2.43. The third-order valence-corrected chi connectivity index (χ3v) is 8.25. The maximum absolute atomic E-state index is 14.9. The molecule has 0 bridgehead atoms. The second kappa shape index (κ2) is 12.1. The smallest absolute Gasteiger partial charge is 0.167 e. The van der Waals surface area contributed by atoms with E-state index in [1.54, 1.807) is 57.2 Å². The van der Waals surface area contributed by atoms with E-state index in [1.165, 1.54) is 30.3 Å². The Balaban J connectivity index is 1.88. The summed E-state index contributed by atoms with van der Waals surface area (Å²) in [6.45, 7) is 6.01. The molecule has 0 spiro atoms. The molecule has 0 aliphatic carbocycles. The molecule has 41 heavy (non-hydrogen) atoms. The molecule has 218 valence electrons. The second-order valence-corrected chi connectivity index (χ2v) is 11.9. The van der Waals surface area contributed by atoms with Gasteiger partial charge in [-0.25, -0.2) is 4.39 Å². The first-order chi connectivity index (χ1) is 19.3. The lowest BCUT2D eigenvalue weighted by Crippen LogP contribution is -2.57. The molecule has 0 radical (unpaired) electrons. The fourth-order valence-corrected chi connectivity index (χ4v) is 6.21. The maximum atomic E-state index is 14.9. The van der Waals surface area contributed by atoms with Crippen LogP contribution < -0.4 is 0 Å². The highest BCUT2D eigenvalue weighted by Gasteiger charge is 2.46. The first-order valence-corrected chi connectivity index (χ1v) is 13.8. The number of nitrogens with zero attached hydrogens (tertiary/aromatic N) is 2. The molecule has 1 saturated heterocycles. The number of halogens is 1. The number of phenolic OH excluding ortho intramolecular Hbond substituents is 2. The molecule has 1 aliphatic rings. The molecule has 1 fully saturated rings. The van der Waals surface area contributed by atoms with E-state index in [0.29, 0.717) is 28.8 Å². The standard InChI is InChI=1S/C33H39FN2O5/c1-20-25(13-8-14-28(20)34)30-26(31(39)21-9-6-11-23(37)15-21)17-36(19-29(35(4)5)33(2,3)41)18-27(30)32(40)22-10-7-12-24(38)16-22/h6-16,26-27,29-30,37-38,41H,17-19H2,1-5H3/t26-,27+,29-,30-/m0/s1. The number of hydrogen-bond acceptors (Lipinski definition) is 7. The van der Waals surface area contributed by atoms with Crippen LogP contribution in [0.2, 0.25) is 0 Å². The van der Waals surface area contributed by atoms with E-state index >= 15 is 0 Å². The quantitative estimate of drug-likeness (QED) is 0.327. The third-order valence-electron chi connectivity index (χ3n) is 8.25. The maximum Gasteiger partial charge on any atom is 0.167 e. The van der Waals surface area contributed by atoms with Crippen molar-refractivity contribution in [3.63, 3.8) is 0 Å². The summed E-state index contributed by atoms with van der Waals surface area (Å²) in [7, 11) is 3.74. The number of rotatable bonds is 9. The summed E-state index contributed by atoms with van der Waals surface area (Å²) in [4.78, 5) is 32.4. The average molecular weight is 563 g/mol. The van der Waals surface area contributed by atoms with Gasteiger partial charge in [0.1, 0.15) is 17.3 Å². The number of carbonyl (C=O) groups is 2. The predicted octanol–water partition coefficient (Wildman–Crippen LogP) is 4.64. The molecule has 8 heteroatoms. The Kier molecular flexibility index (Phi) is 8.97. The van der Waals surface area contributed by atoms with Crippen LogP contribution in [0, 0.1) is 24.6 Å². The van der Waals surface area contributed by atoms with Gasteiger partial charge in [0.15, 0.2) is 11.6 Å². The van der Waals surface area contributed by atoms with Crippen LogP contribution in [0.3, 0.4) is 0 Å². The van der Waals surface area contributed by atoms with Crippen LogP contribution in [0.5, 0.6) is 11.5 Å². The number of phenols is 2. The van der Waals surface area contributed by atoms with Gasteiger partial charge in [-0.1, -0.05) is 36.4 Å². The van der Waals surface area contributed by atoms with E-state index in [9.17, 15) is 29.3 Å². The lowest BCUT2D eigenvalue weighted by molar-refractivity contribution is -0.0258. The van der Waals surface area contributed by atoms with Crippen molar-refractivity contribution in [3.05, 3.63) is 94.8 Å². The number of carbonyl (C=O) groups excluding carboxylic acids is 2. The molecule has 7 nitrogen and oxygen atoms in total. The van der Waals surface area contributed by atoms with Gasteiger partial charge in [-0.05, 0) is 76.3 Å². The molecule has 3 aromatic carbocycles. The van der Waals surface area contributed by atoms with E-state index in [2.05, 4.69) is 0 Å². The van der Waals surface area contributed by atoms with Crippen LogP contribution in [0.1, 0.15) is 51.6 Å². The summed E-state index contributed by atoms with van der Waals surface area (Å²) in [6, 6.07) is 16.6. The summed E-state index contributed by atoms with van der Waals surface area (Å²) >= 11 is 0. The Morgan fingerprint density at radius 1 is 0.927 bits per heavy atom. The number of piperidine rings is 1. The Hall–Kier alpha value is -3.59. The molecule has 4 rings (SSSR count). The SMILES string of the molecule is Cc1c(F)cccc1[C@H]1[C@@H](C(=O)c2cccc(O)c2)CN(C[C@H](N(C)C)C(C)(C)O)C[C@H]1C(=O)c1cccc(O)c1. The van der Waals surface area contributed by atoms with Crippen molar-refractivity contribution in [2.24, 2.45) is 11.8 Å². The molecule has 0 aromatic heterocycles. The Labute approximate surface area is 240 Å². The van der Waals surface area contributed by atoms with Crippen molar-refractivity contribution >= 4 is 11.6 Å². The van der Waals surface area contributed by atoms with Crippen LogP contribution in [-0.2, 0) is 0 Å². The van der Waals surface area contributed by atoms with Crippen LogP contribution >= 0.6 is 0 Å².